The molecule has 2 aromatic carbocycles. The number of sulfonamides is 1. The molecule has 0 saturated carbocycles. The zero-order valence-corrected chi connectivity index (χ0v) is 12.1. The zero-order chi connectivity index (χ0) is 14.8. The molecule has 0 fully saturated rings. The minimum absolute atomic E-state index is 0.199. The average molecular weight is 292 g/mol. The summed E-state index contributed by atoms with van der Waals surface area (Å²) in [5.74, 6) is 0.673. The fraction of sp³-hybridized carbons (Fsp3) is 0.143. The number of hydrogen-bond donors (Lipinski definition) is 1. The van der Waals surface area contributed by atoms with E-state index in [4.69, 9.17) is 10.5 Å². The van der Waals surface area contributed by atoms with E-state index in [9.17, 15) is 8.42 Å². The molecule has 106 valence electrons. The average Bonchev–Trinajstić information content (AvgIpc) is 2.47. The monoisotopic (exact) mass is 292 g/mol. The van der Waals surface area contributed by atoms with E-state index in [1.54, 1.807) is 43.5 Å². The first-order valence-electron chi connectivity index (χ1n) is 5.93. The van der Waals surface area contributed by atoms with E-state index in [2.05, 4.69) is 0 Å². The first-order chi connectivity index (χ1) is 9.45. The van der Waals surface area contributed by atoms with Crippen LogP contribution < -0.4 is 14.8 Å². The molecule has 2 N–H and O–H groups in total. The Morgan fingerprint density at radius 2 is 1.55 bits per heavy atom. The van der Waals surface area contributed by atoms with Gasteiger partial charge in [0.1, 0.15) is 5.75 Å². The molecule has 0 bridgehead atoms. The molecule has 2 rings (SSSR count). The van der Waals surface area contributed by atoms with E-state index in [0.717, 1.165) is 0 Å². The number of anilines is 2. The third-order valence-electron chi connectivity index (χ3n) is 2.97. The predicted octanol–water partition coefficient (Wildman–Crippen LogP) is 2.10. The Balaban J connectivity index is 2.35. The van der Waals surface area contributed by atoms with Crippen molar-refractivity contribution in [2.75, 3.05) is 24.2 Å². The number of rotatable bonds is 4. The van der Waals surface area contributed by atoms with Gasteiger partial charge in [-0.15, -0.1) is 0 Å². The van der Waals surface area contributed by atoms with Gasteiger partial charge in [-0.3, -0.25) is 4.31 Å². The van der Waals surface area contributed by atoms with Gasteiger partial charge in [0.2, 0.25) is 0 Å². The van der Waals surface area contributed by atoms with E-state index in [0.29, 0.717) is 17.1 Å². The maximum Gasteiger partial charge on any atom is 0.264 e. The van der Waals surface area contributed by atoms with Crippen molar-refractivity contribution in [1.82, 2.24) is 0 Å². The van der Waals surface area contributed by atoms with Crippen molar-refractivity contribution in [3.8, 4) is 5.75 Å². The molecule has 0 aliphatic heterocycles. The van der Waals surface area contributed by atoms with Gasteiger partial charge in [-0.2, -0.15) is 0 Å². The van der Waals surface area contributed by atoms with Gasteiger partial charge >= 0.3 is 0 Å². The molecule has 2 aromatic rings. The number of ether oxygens (including phenoxy) is 1. The third-order valence-corrected chi connectivity index (χ3v) is 4.77. The lowest BCUT2D eigenvalue weighted by Crippen LogP contribution is -2.26. The minimum Gasteiger partial charge on any atom is -0.497 e. The van der Waals surface area contributed by atoms with Crippen LogP contribution in [0.15, 0.2) is 53.4 Å². The van der Waals surface area contributed by atoms with Crippen LogP contribution >= 0.6 is 0 Å². The Hall–Kier alpha value is -2.21. The molecular formula is C14H16N2O3S. The lowest BCUT2D eigenvalue weighted by molar-refractivity contribution is 0.415. The van der Waals surface area contributed by atoms with E-state index in [1.807, 2.05) is 0 Å². The summed E-state index contributed by atoms with van der Waals surface area (Å²) in [6, 6.07) is 12.9. The predicted molar refractivity (Wildman–Crippen MR) is 79.4 cm³/mol. The molecule has 0 heterocycles. The highest BCUT2D eigenvalue weighted by Gasteiger charge is 2.20. The van der Waals surface area contributed by atoms with Crippen molar-refractivity contribution < 1.29 is 13.2 Å². The van der Waals surface area contributed by atoms with Crippen LogP contribution in [0, 0.1) is 0 Å². The van der Waals surface area contributed by atoms with Crippen LogP contribution in [-0.4, -0.2) is 22.6 Å². The molecule has 0 amide bonds. The number of methoxy groups -OCH3 is 1. The standard InChI is InChI=1S/C14H16N2O3S/c1-16(12-5-7-13(19-2)8-6-12)20(17,18)14-9-3-11(15)4-10-14/h3-10H,15H2,1-2H3. The van der Waals surface area contributed by atoms with Crippen LogP contribution in [0.4, 0.5) is 11.4 Å². The summed E-state index contributed by atoms with van der Waals surface area (Å²) in [6.45, 7) is 0. The van der Waals surface area contributed by atoms with Crippen LogP contribution in [0.2, 0.25) is 0 Å². The SMILES string of the molecule is COc1ccc(N(C)S(=O)(=O)c2ccc(N)cc2)cc1. The second kappa shape index (κ2) is 5.42. The number of nitrogen functional groups attached to an aromatic ring is 1. The summed E-state index contributed by atoms with van der Waals surface area (Å²) in [6.07, 6.45) is 0. The minimum atomic E-state index is -3.59. The quantitative estimate of drug-likeness (QED) is 0.876. The maximum absolute atomic E-state index is 12.5. The molecule has 6 heteroatoms. The largest absolute Gasteiger partial charge is 0.497 e. The van der Waals surface area contributed by atoms with Crippen LogP contribution in [0.1, 0.15) is 0 Å². The van der Waals surface area contributed by atoms with E-state index in [-0.39, 0.29) is 4.90 Å². The fourth-order valence-corrected chi connectivity index (χ4v) is 2.92. The van der Waals surface area contributed by atoms with E-state index in [1.165, 1.54) is 23.5 Å². The summed E-state index contributed by atoms with van der Waals surface area (Å²) in [7, 11) is -0.525. The van der Waals surface area contributed by atoms with Crippen molar-refractivity contribution in [3.63, 3.8) is 0 Å². The smallest absolute Gasteiger partial charge is 0.264 e. The van der Waals surface area contributed by atoms with Gasteiger partial charge in [-0.05, 0) is 48.5 Å². The van der Waals surface area contributed by atoms with Gasteiger partial charge in [0.25, 0.3) is 10.0 Å². The molecule has 20 heavy (non-hydrogen) atoms. The molecule has 0 unspecified atom stereocenters. The number of hydrogen-bond acceptors (Lipinski definition) is 4. The van der Waals surface area contributed by atoms with Crippen molar-refractivity contribution in [1.29, 1.82) is 0 Å². The van der Waals surface area contributed by atoms with Crippen molar-refractivity contribution in [2.24, 2.45) is 0 Å². The molecule has 0 aliphatic carbocycles. The Kier molecular flexibility index (Phi) is 3.85. The Bertz CT molecular complexity index is 679. The Labute approximate surface area is 118 Å². The summed E-state index contributed by atoms with van der Waals surface area (Å²) in [4.78, 5) is 0.199. The zero-order valence-electron chi connectivity index (χ0n) is 11.3. The number of nitrogens with zero attached hydrogens (tertiary/aromatic N) is 1. The van der Waals surface area contributed by atoms with Crippen molar-refractivity contribution >= 4 is 21.4 Å². The van der Waals surface area contributed by atoms with E-state index < -0.39 is 10.0 Å². The first-order valence-corrected chi connectivity index (χ1v) is 7.37. The van der Waals surface area contributed by atoms with Crippen LogP contribution in [0.25, 0.3) is 0 Å². The highest BCUT2D eigenvalue weighted by atomic mass is 32.2. The van der Waals surface area contributed by atoms with Crippen LogP contribution in [0.3, 0.4) is 0 Å². The van der Waals surface area contributed by atoms with Crippen LogP contribution in [-0.2, 0) is 10.0 Å². The molecule has 0 spiro atoms. The molecule has 0 aliphatic rings. The van der Waals surface area contributed by atoms with Gasteiger partial charge in [0, 0.05) is 12.7 Å². The summed E-state index contributed by atoms with van der Waals surface area (Å²) in [5, 5.41) is 0. The van der Waals surface area contributed by atoms with Gasteiger partial charge in [-0.25, -0.2) is 8.42 Å². The number of benzene rings is 2. The van der Waals surface area contributed by atoms with E-state index >= 15 is 0 Å². The normalized spacial score (nSPS) is 11.1. The lowest BCUT2D eigenvalue weighted by atomic mass is 10.3. The highest BCUT2D eigenvalue weighted by Crippen LogP contribution is 2.24. The van der Waals surface area contributed by atoms with Gasteiger partial charge in [0.05, 0.1) is 17.7 Å². The maximum atomic E-state index is 12.5. The van der Waals surface area contributed by atoms with Crippen LogP contribution in [0.5, 0.6) is 5.75 Å². The molecular weight excluding hydrogens is 276 g/mol. The molecule has 5 nitrogen and oxygen atoms in total. The Morgan fingerprint density at radius 1 is 1.00 bits per heavy atom. The van der Waals surface area contributed by atoms with Crippen molar-refractivity contribution in [2.45, 2.75) is 4.90 Å². The third kappa shape index (κ3) is 2.70. The summed E-state index contributed by atoms with van der Waals surface area (Å²) >= 11 is 0. The first kappa shape index (κ1) is 14.2. The lowest BCUT2D eigenvalue weighted by Gasteiger charge is -2.19. The molecule has 0 atom stereocenters. The summed E-state index contributed by atoms with van der Waals surface area (Å²) < 4.78 is 31.2. The summed E-state index contributed by atoms with van der Waals surface area (Å²) in [5.41, 5.74) is 6.65. The van der Waals surface area contributed by atoms with Crippen molar-refractivity contribution in [3.05, 3.63) is 48.5 Å². The molecule has 0 radical (unpaired) electrons. The Morgan fingerprint density at radius 3 is 2.05 bits per heavy atom. The molecule has 0 saturated heterocycles. The molecule has 0 aromatic heterocycles. The fourth-order valence-electron chi connectivity index (χ4n) is 1.73. The topological polar surface area (TPSA) is 72.6 Å². The highest BCUT2D eigenvalue weighted by molar-refractivity contribution is 7.92. The second-order valence-corrected chi connectivity index (χ2v) is 6.21. The van der Waals surface area contributed by atoms with Gasteiger partial charge < -0.3 is 10.5 Å². The van der Waals surface area contributed by atoms with Gasteiger partial charge in [0.15, 0.2) is 0 Å². The second-order valence-electron chi connectivity index (χ2n) is 4.24. The number of nitrogens with two attached hydrogens (primary N) is 1. The van der Waals surface area contributed by atoms with Gasteiger partial charge in [-0.1, -0.05) is 0 Å².